The number of hydrogen-bond acceptors (Lipinski definition) is 6. The lowest BCUT2D eigenvalue weighted by molar-refractivity contribution is 0.100. The lowest BCUT2D eigenvalue weighted by atomic mass is 10.2. The van der Waals surface area contributed by atoms with Crippen LogP contribution in [0.1, 0.15) is 39.3 Å². The molecule has 1 aliphatic rings. The normalized spacial score (nSPS) is 18.4. The SMILES string of the molecule is Cc1cc(N2CCC[C@H]2c2ncc(C(N)=O)s2)ncn1. The Balaban J connectivity index is 1.90. The number of amides is 1. The minimum atomic E-state index is -0.420. The van der Waals surface area contributed by atoms with E-state index in [-0.39, 0.29) is 6.04 Å². The van der Waals surface area contributed by atoms with Gasteiger partial charge in [-0.15, -0.1) is 11.3 Å². The smallest absolute Gasteiger partial charge is 0.260 e. The van der Waals surface area contributed by atoms with Crippen LogP contribution in [0.2, 0.25) is 0 Å². The summed E-state index contributed by atoms with van der Waals surface area (Å²) in [4.78, 5) is 26.7. The molecule has 0 bridgehead atoms. The molecule has 0 radical (unpaired) electrons. The first-order valence-electron chi connectivity index (χ1n) is 6.46. The Hall–Kier alpha value is -2.02. The van der Waals surface area contributed by atoms with Gasteiger partial charge in [-0.3, -0.25) is 4.79 Å². The van der Waals surface area contributed by atoms with E-state index < -0.39 is 5.91 Å². The van der Waals surface area contributed by atoms with Crippen molar-refractivity contribution in [2.45, 2.75) is 25.8 Å². The lowest BCUT2D eigenvalue weighted by Crippen LogP contribution is -2.23. The van der Waals surface area contributed by atoms with E-state index in [4.69, 9.17) is 5.73 Å². The van der Waals surface area contributed by atoms with Crippen molar-refractivity contribution in [3.63, 3.8) is 0 Å². The summed E-state index contributed by atoms with van der Waals surface area (Å²) in [7, 11) is 0. The number of hydrogen-bond donors (Lipinski definition) is 1. The first-order chi connectivity index (χ1) is 9.65. The average molecular weight is 289 g/mol. The zero-order chi connectivity index (χ0) is 14.1. The summed E-state index contributed by atoms with van der Waals surface area (Å²) in [5.74, 6) is 0.493. The molecule has 0 unspecified atom stereocenters. The summed E-state index contributed by atoms with van der Waals surface area (Å²) in [6, 6.07) is 2.14. The van der Waals surface area contributed by atoms with Crippen molar-refractivity contribution in [3.05, 3.63) is 34.2 Å². The second kappa shape index (κ2) is 5.16. The van der Waals surface area contributed by atoms with Crippen LogP contribution in [0, 0.1) is 6.92 Å². The maximum absolute atomic E-state index is 11.2. The Bertz CT molecular complexity index is 641. The fourth-order valence-corrected chi connectivity index (χ4v) is 3.37. The molecular formula is C13H15N5OS. The highest BCUT2D eigenvalue weighted by Gasteiger charge is 2.29. The van der Waals surface area contributed by atoms with Gasteiger partial charge in [0.05, 0.1) is 12.2 Å². The molecule has 0 aliphatic carbocycles. The van der Waals surface area contributed by atoms with E-state index >= 15 is 0 Å². The molecule has 6 nitrogen and oxygen atoms in total. The van der Waals surface area contributed by atoms with E-state index in [0.29, 0.717) is 4.88 Å². The molecule has 0 spiro atoms. The molecule has 2 aromatic rings. The zero-order valence-electron chi connectivity index (χ0n) is 11.1. The number of primary amides is 1. The number of aryl methyl sites for hydroxylation is 1. The quantitative estimate of drug-likeness (QED) is 0.929. The number of carbonyl (C=O) groups excluding carboxylic acids is 1. The van der Waals surface area contributed by atoms with E-state index in [1.807, 2.05) is 13.0 Å². The van der Waals surface area contributed by atoms with Gasteiger partial charge >= 0.3 is 0 Å². The highest BCUT2D eigenvalue weighted by Crippen LogP contribution is 2.36. The largest absolute Gasteiger partial charge is 0.365 e. The maximum Gasteiger partial charge on any atom is 0.260 e. The molecular weight excluding hydrogens is 274 g/mol. The van der Waals surface area contributed by atoms with Gasteiger partial charge in [-0.2, -0.15) is 0 Å². The summed E-state index contributed by atoms with van der Waals surface area (Å²) in [5.41, 5.74) is 6.23. The molecule has 1 atom stereocenters. The molecule has 0 saturated carbocycles. The summed E-state index contributed by atoms with van der Waals surface area (Å²) in [6.07, 6.45) is 5.23. The van der Waals surface area contributed by atoms with Crippen molar-refractivity contribution in [1.82, 2.24) is 15.0 Å². The lowest BCUT2D eigenvalue weighted by Gasteiger charge is -2.24. The second-order valence-corrected chi connectivity index (χ2v) is 5.86. The van der Waals surface area contributed by atoms with Crippen LogP contribution in [-0.4, -0.2) is 27.4 Å². The van der Waals surface area contributed by atoms with E-state index in [9.17, 15) is 4.79 Å². The molecule has 3 rings (SSSR count). The monoisotopic (exact) mass is 289 g/mol. The minimum absolute atomic E-state index is 0.169. The molecule has 2 N–H and O–H groups in total. The summed E-state index contributed by atoms with van der Waals surface area (Å²) in [5, 5.41) is 0.924. The summed E-state index contributed by atoms with van der Waals surface area (Å²) in [6.45, 7) is 2.89. The Morgan fingerprint density at radius 2 is 2.30 bits per heavy atom. The highest BCUT2D eigenvalue weighted by atomic mass is 32.1. The predicted molar refractivity (Wildman–Crippen MR) is 76.7 cm³/mol. The number of rotatable bonds is 3. The van der Waals surface area contributed by atoms with Crippen LogP contribution in [0.5, 0.6) is 0 Å². The van der Waals surface area contributed by atoms with Gasteiger partial charge in [-0.05, 0) is 19.8 Å². The molecule has 1 saturated heterocycles. The van der Waals surface area contributed by atoms with Crippen molar-refractivity contribution in [2.24, 2.45) is 5.73 Å². The van der Waals surface area contributed by atoms with Gasteiger partial charge < -0.3 is 10.6 Å². The summed E-state index contributed by atoms with van der Waals surface area (Å²) >= 11 is 1.37. The van der Waals surface area contributed by atoms with E-state index in [0.717, 1.165) is 35.9 Å². The number of thiazole rings is 1. The molecule has 7 heteroatoms. The third-order valence-electron chi connectivity index (χ3n) is 3.39. The number of nitrogens with two attached hydrogens (primary N) is 1. The standard InChI is InChI=1S/C13H15N5OS/c1-8-5-11(17-7-16-8)18-4-2-3-9(18)13-15-6-10(20-13)12(14)19/h5-7,9H,2-4H2,1H3,(H2,14,19)/t9-/m0/s1. The zero-order valence-corrected chi connectivity index (χ0v) is 11.9. The number of nitrogens with zero attached hydrogens (tertiary/aromatic N) is 4. The molecule has 1 fully saturated rings. The first-order valence-corrected chi connectivity index (χ1v) is 7.27. The van der Waals surface area contributed by atoms with E-state index in [2.05, 4.69) is 19.9 Å². The van der Waals surface area contributed by atoms with Crippen LogP contribution in [0.25, 0.3) is 0 Å². The van der Waals surface area contributed by atoms with Crippen molar-refractivity contribution in [1.29, 1.82) is 0 Å². The van der Waals surface area contributed by atoms with Crippen LogP contribution >= 0.6 is 11.3 Å². The van der Waals surface area contributed by atoms with Crippen LogP contribution in [-0.2, 0) is 0 Å². The van der Waals surface area contributed by atoms with Gasteiger partial charge in [0.1, 0.15) is 22.0 Å². The summed E-state index contributed by atoms with van der Waals surface area (Å²) < 4.78 is 0. The third kappa shape index (κ3) is 2.36. The van der Waals surface area contributed by atoms with Gasteiger partial charge in [0.25, 0.3) is 5.91 Å². The predicted octanol–water partition coefficient (Wildman–Crippen LogP) is 1.68. The number of aromatic nitrogens is 3. The van der Waals surface area contributed by atoms with Crippen LogP contribution < -0.4 is 10.6 Å². The fraction of sp³-hybridized carbons (Fsp3) is 0.385. The van der Waals surface area contributed by atoms with Gasteiger partial charge in [0, 0.05) is 18.3 Å². The topological polar surface area (TPSA) is 85.0 Å². The Labute approximate surface area is 120 Å². The van der Waals surface area contributed by atoms with Crippen LogP contribution in [0.3, 0.4) is 0 Å². The maximum atomic E-state index is 11.2. The van der Waals surface area contributed by atoms with Crippen LogP contribution in [0.15, 0.2) is 18.6 Å². The molecule has 2 aromatic heterocycles. The average Bonchev–Trinajstić information content (AvgIpc) is 3.07. The Morgan fingerprint density at radius 3 is 3.00 bits per heavy atom. The van der Waals surface area contributed by atoms with E-state index in [1.54, 1.807) is 12.5 Å². The van der Waals surface area contributed by atoms with Gasteiger partial charge in [-0.1, -0.05) is 0 Å². The third-order valence-corrected chi connectivity index (χ3v) is 4.50. The first kappa shape index (κ1) is 13.0. The van der Waals surface area contributed by atoms with Gasteiger partial charge in [-0.25, -0.2) is 15.0 Å². The molecule has 1 amide bonds. The van der Waals surface area contributed by atoms with Crippen molar-refractivity contribution in [2.75, 3.05) is 11.4 Å². The van der Waals surface area contributed by atoms with Crippen LogP contribution in [0.4, 0.5) is 5.82 Å². The Kier molecular flexibility index (Phi) is 3.35. The fourth-order valence-electron chi connectivity index (χ4n) is 2.45. The van der Waals surface area contributed by atoms with Crippen molar-refractivity contribution in [3.8, 4) is 0 Å². The minimum Gasteiger partial charge on any atom is -0.365 e. The molecule has 1 aliphatic heterocycles. The van der Waals surface area contributed by atoms with Gasteiger partial charge in [0.2, 0.25) is 0 Å². The Morgan fingerprint density at radius 1 is 1.45 bits per heavy atom. The molecule has 104 valence electrons. The van der Waals surface area contributed by atoms with Crippen molar-refractivity contribution >= 4 is 23.1 Å². The molecule has 20 heavy (non-hydrogen) atoms. The highest BCUT2D eigenvalue weighted by molar-refractivity contribution is 7.13. The van der Waals surface area contributed by atoms with Crippen molar-refractivity contribution < 1.29 is 4.79 Å². The molecule has 3 heterocycles. The number of anilines is 1. The number of carbonyl (C=O) groups is 1. The van der Waals surface area contributed by atoms with E-state index in [1.165, 1.54) is 11.3 Å². The van der Waals surface area contributed by atoms with Gasteiger partial charge in [0.15, 0.2) is 0 Å². The molecule has 0 aromatic carbocycles. The second-order valence-electron chi connectivity index (χ2n) is 4.80.